The lowest BCUT2D eigenvalue weighted by Gasteiger charge is -2.28. The van der Waals surface area contributed by atoms with Gasteiger partial charge in [-0.3, -0.25) is 4.79 Å². The number of anilines is 1. The molecule has 2 fully saturated rings. The molecule has 0 saturated carbocycles. The van der Waals surface area contributed by atoms with E-state index in [-0.39, 0.29) is 12.0 Å². The number of benzene rings is 1. The molecule has 2 aliphatic rings. The zero-order valence-electron chi connectivity index (χ0n) is 15.9. The van der Waals surface area contributed by atoms with Gasteiger partial charge in [-0.25, -0.2) is 0 Å². The molecule has 2 aliphatic heterocycles. The lowest BCUT2D eigenvalue weighted by Crippen LogP contribution is -2.36. The Bertz CT molecular complexity index is 606. The highest BCUT2D eigenvalue weighted by atomic mass is 16.5. The molecule has 0 aliphatic carbocycles. The maximum Gasteiger partial charge on any atom is 0.246 e. The number of rotatable bonds is 6. The molecule has 3 rings (SSSR count). The van der Waals surface area contributed by atoms with E-state index < -0.39 is 0 Å². The van der Waals surface area contributed by atoms with Gasteiger partial charge in [0, 0.05) is 44.5 Å². The van der Waals surface area contributed by atoms with E-state index in [0.717, 1.165) is 51.4 Å². The van der Waals surface area contributed by atoms with Crippen LogP contribution in [0.25, 0.3) is 6.08 Å². The number of hydrogen-bond acceptors (Lipinski definition) is 4. The molecule has 1 amide bonds. The number of ether oxygens (including phenoxy) is 2. The van der Waals surface area contributed by atoms with Gasteiger partial charge in [-0.2, -0.15) is 0 Å². The summed E-state index contributed by atoms with van der Waals surface area (Å²) in [5, 5.41) is 0. The van der Waals surface area contributed by atoms with Gasteiger partial charge in [0.25, 0.3) is 0 Å². The van der Waals surface area contributed by atoms with Gasteiger partial charge in [-0.1, -0.05) is 26.0 Å². The van der Waals surface area contributed by atoms with Crippen LogP contribution in [0.1, 0.15) is 25.8 Å². The van der Waals surface area contributed by atoms with E-state index in [1.165, 1.54) is 5.69 Å². The molecule has 2 saturated heterocycles. The smallest absolute Gasteiger partial charge is 0.246 e. The molecule has 1 aromatic rings. The monoisotopic (exact) mass is 358 g/mol. The number of carbonyl (C=O) groups is 1. The Hall–Kier alpha value is -1.85. The fourth-order valence-electron chi connectivity index (χ4n) is 3.28. The average Bonchev–Trinajstić information content (AvgIpc) is 3.15. The Labute approximate surface area is 156 Å². The van der Waals surface area contributed by atoms with Gasteiger partial charge in [0.05, 0.1) is 19.3 Å². The third-order valence-corrected chi connectivity index (χ3v) is 4.81. The van der Waals surface area contributed by atoms with Crippen molar-refractivity contribution in [2.45, 2.75) is 26.4 Å². The lowest BCUT2D eigenvalue weighted by atomic mass is 10.1. The number of nitrogens with zero attached hydrogens (tertiary/aromatic N) is 2. The molecular formula is C21H30N2O3. The Kier molecular flexibility index (Phi) is 6.69. The minimum atomic E-state index is 0.0675. The van der Waals surface area contributed by atoms with Crippen molar-refractivity contribution in [3.63, 3.8) is 0 Å². The first-order chi connectivity index (χ1) is 12.6. The minimum absolute atomic E-state index is 0.0675. The molecule has 5 nitrogen and oxygen atoms in total. The molecule has 5 heteroatoms. The van der Waals surface area contributed by atoms with E-state index in [2.05, 4.69) is 43.0 Å². The van der Waals surface area contributed by atoms with E-state index in [9.17, 15) is 4.79 Å². The van der Waals surface area contributed by atoms with Crippen molar-refractivity contribution in [3.8, 4) is 0 Å². The van der Waals surface area contributed by atoms with Gasteiger partial charge < -0.3 is 19.3 Å². The molecule has 0 bridgehead atoms. The van der Waals surface area contributed by atoms with Crippen molar-refractivity contribution in [2.75, 3.05) is 50.9 Å². The van der Waals surface area contributed by atoms with Gasteiger partial charge in [0.1, 0.15) is 0 Å². The predicted molar refractivity (Wildman–Crippen MR) is 104 cm³/mol. The van der Waals surface area contributed by atoms with Crippen molar-refractivity contribution >= 4 is 17.7 Å². The molecule has 0 spiro atoms. The summed E-state index contributed by atoms with van der Waals surface area (Å²) in [6, 6.07) is 8.35. The second-order valence-corrected chi connectivity index (χ2v) is 7.45. The number of hydrogen-bond donors (Lipinski definition) is 0. The van der Waals surface area contributed by atoms with E-state index in [1.807, 2.05) is 11.0 Å². The van der Waals surface area contributed by atoms with Gasteiger partial charge >= 0.3 is 0 Å². The molecule has 0 aromatic heterocycles. The Morgan fingerprint density at radius 2 is 1.96 bits per heavy atom. The van der Waals surface area contributed by atoms with Crippen LogP contribution in [0.4, 0.5) is 5.69 Å². The highest BCUT2D eigenvalue weighted by Crippen LogP contribution is 2.18. The van der Waals surface area contributed by atoms with Crippen LogP contribution in [-0.4, -0.2) is 62.9 Å². The van der Waals surface area contributed by atoms with Gasteiger partial charge in [0.15, 0.2) is 0 Å². The predicted octanol–water partition coefficient (Wildman–Crippen LogP) is 2.81. The van der Waals surface area contributed by atoms with Crippen LogP contribution >= 0.6 is 0 Å². The second-order valence-electron chi connectivity index (χ2n) is 7.45. The molecule has 0 radical (unpaired) electrons. The topological polar surface area (TPSA) is 42.0 Å². The van der Waals surface area contributed by atoms with Crippen molar-refractivity contribution in [2.24, 2.45) is 5.92 Å². The van der Waals surface area contributed by atoms with Crippen LogP contribution in [0, 0.1) is 5.92 Å². The molecule has 1 aromatic carbocycles. The van der Waals surface area contributed by atoms with Gasteiger partial charge in [0.2, 0.25) is 5.91 Å². The Morgan fingerprint density at radius 1 is 1.23 bits per heavy atom. The zero-order valence-corrected chi connectivity index (χ0v) is 15.9. The second kappa shape index (κ2) is 9.19. The van der Waals surface area contributed by atoms with E-state index >= 15 is 0 Å². The van der Waals surface area contributed by atoms with Crippen molar-refractivity contribution in [1.82, 2.24) is 4.90 Å². The normalized spacial score (nSPS) is 21.1. The van der Waals surface area contributed by atoms with E-state index in [1.54, 1.807) is 6.08 Å². The van der Waals surface area contributed by atoms with Crippen molar-refractivity contribution in [1.29, 1.82) is 0 Å². The fraction of sp³-hybridized carbons (Fsp3) is 0.571. The molecule has 142 valence electrons. The molecule has 2 heterocycles. The lowest BCUT2D eigenvalue weighted by molar-refractivity contribution is -0.125. The summed E-state index contributed by atoms with van der Waals surface area (Å²) in [5.41, 5.74) is 2.25. The summed E-state index contributed by atoms with van der Waals surface area (Å²) >= 11 is 0. The summed E-state index contributed by atoms with van der Waals surface area (Å²) in [6.45, 7) is 9.97. The minimum Gasteiger partial charge on any atom is -0.378 e. The first-order valence-corrected chi connectivity index (χ1v) is 9.63. The van der Waals surface area contributed by atoms with Crippen molar-refractivity contribution < 1.29 is 14.3 Å². The first kappa shape index (κ1) is 18.9. The zero-order chi connectivity index (χ0) is 18.4. The van der Waals surface area contributed by atoms with Crippen LogP contribution in [0.3, 0.4) is 0 Å². The molecule has 1 unspecified atom stereocenters. The first-order valence-electron chi connectivity index (χ1n) is 9.63. The van der Waals surface area contributed by atoms with Crippen LogP contribution < -0.4 is 4.90 Å². The summed E-state index contributed by atoms with van der Waals surface area (Å²) < 4.78 is 11.2. The van der Waals surface area contributed by atoms with E-state index in [4.69, 9.17) is 9.47 Å². The Balaban J connectivity index is 1.49. The molecular weight excluding hydrogens is 328 g/mol. The number of amides is 1. The summed E-state index contributed by atoms with van der Waals surface area (Å²) in [4.78, 5) is 16.6. The Morgan fingerprint density at radius 3 is 2.65 bits per heavy atom. The maximum atomic E-state index is 12.4. The SMILES string of the molecule is CC(C)COC1CCN(C(=O)/C=C/c2ccc(N3CCOCC3)cc2)C1. The number of carbonyl (C=O) groups excluding carboxylic acids is 1. The van der Waals surface area contributed by atoms with Gasteiger partial charge in [-0.15, -0.1) is 0 Å². The summed E-state index contributed by atoms with van der Waals surface area (Å²) in [5.74, 6) is 0.595. The highest BCUT2D eigenvalue weighted by molar-refractivity contribution is 5.92. The summed E-state index contributed by atoms with van der Waals surface area (Å²) in [7, 11) is 0. The van der Waals surface area contributed by atoms with Gasteiger partial charge in [-0.05, 0) is 36.1 Å². The third-order valence-electron chi connectivity index (χ3n) is 4.81. The van der Waals surface area contributed by atoms with E-state index in [0.29, 0.717) is 12.5 Å². The number of likely N-dealkylation sites (tertiary alicyclic amines) is 1. The highest BCUT2D eigenvalue weighted by Gasteiger charge is 2.25. The molecule has 1 atom stereocenters. The maximum absolute atomic E-state index is 12.4. The van der Waals surface area contributed by atoms with Crippen LogP contribution in [0.2, 0.25) is 0 Å². The van der Waals surface area contributed by atoms with Crippen molar-refractivity contribution in [3.05, 3.63) is 35.9 Å². The third kappa shape index (κ3) is 5.32. The quantitative estimate of drug-likeness (QED) is 0.734. The molecule has 0 N–H and O–H groups in total. The number of morpholine rings is 1. The average molecular weight is 358 g/mol. The van der Waals surface area contributed by atoms with Crippen LogP contribution in [0.5, 0.6) is 0 Å². The standard InChI is InChI=1S/C21H30N2O3/c1-17(2)16-26-20-9-10-23(15-20)21(24)8-5-18-3-6-19(7-4-18)22-11-13-25-14-12-22/h3-8,17,20H,9-16H2,1-2H3/b8-5+. The van der Waals surface area contributed by atoms with Crippen LogP contribution in [0.15, 0.2) is 30.3 Å². The summed E-state index contributed by atoms with van der Waals surface area (Å²) in [6.07, 6.45) is 4.69. The fourth-order valence-corrected chi connectivity index (χ4v) is 3.28. The largest absolute Gasteiger partial charge is 0.378 e. The molecule has 26 heavy (non-hydrogen) atoms. The van der Waals surface area contributed by atoms with Crippen LogP contribution in [-0.2, 0) is 14.3 Å².